The summed E-state index contributed by atoms with van der Waals surface area (Å²) < 4.78 is 16.7. The number of carbonyl (C=O) groups is 1. The Morgan fingerprint density at radius 2 is 1.83 bits per heavy atom. The Hall–Kier alpha value is -1.43. The molecule has 1 aromatic carbocycles. The van der Waals surface area contributed by atoms with Crippen LogP contribution >= 0.6 is 15.9 Å². The smallest absolute Gasteiger partial charge is 0.410 e. The number of amides is 1. The zero-order chi connectivity index (χ0) is 17.6. The highest BCUT2D eigenvalue weighted by Gasteiger charge is 2.30. The largest absolute Gasteiger partial charge is 0.493 e. The van der Waals surface area contributed by atoms with Crippen molar-refractivity contribution >= 4 is 22.0 Å². The minimum atomic E-state index is -0.454. The van der Waals surface area contributed by atoms with Crippen LogP contribution in [0.5, 0.6) is 11.5 Å². The molecular formula is C18H26BrNO4. The lowest BCUT2D eigenvalue weighted by Crippen LogP contribution is -2.35. The molecule has 1 heterocycles. The number of nitrogens with zero attached hydrogens (tertiary/aromatic N) is 1. The lowest BCUT2D eigenvalue weighted by atomic mass is 10.1. The predicted octanol–water partition coefficient (Wildman–Crippen LogP) is 4.10. The van der Waals surface area contributed by atoms with E-state index in [1.54, 1.807) is 4.90 Å². The maximum absolute atomic E-state index is 12.1. The first-order valence-corrected chi connectivity index (χ1v) is 9.39. The van der Waals surface area contributed by atoms with Crippen LogP contribution in [0.25, 0.3) is 0 Å². The van der Waals surface area contributed by atoms with E-state index in [2.05, 4.69) is 15.9 Å². The SMILES string of the molecule is CC(C)(C)OC(=O)N1CCC(COc2ccc(OCCBr)cc2)C1. The normalized spacial score (nSPS) is 17.7. The number of alkyl halides is 1. The molecule has 1 atom stereocenters. The molecule has 1 aromatic rings. The van der Waals surface area contributed by atoms with Gasteiger partial charge in [-0.15, -0.1) is 0 Å². The maximum atomic E-state index is 12.1. The molecule has 0 N–H and O–H groups in total. The Labute approximate surface area is 152 Å². The second-order valence-electron chi connectivity index (χ2n) is 6.90. The van der Waals surface area contributed by atoms with E-state index in [9.17, 15) is 4.79 Å². The van der Waals surface area contributed by atoms with E-state index in [1.807, 2.05) is 45.0 Å². The van der Waals surface area contributed by atoms with Crippen LogP contribution in [0.4, 0.5) is 4.79 Å². The fourth-order valence-corrected chi connectivity index (χ4v) is 2.63. The van der Waals surface area contributed by atoms with Crippen molar-refractivity contribution in [1.29, 1.82) is 0 Å². The molecule has 134 valence electrons. The molecule has 2 rings (SSSR count). The van der Waals surface area contributed by atoms with Gasteiger partial charge in [0.15, 0.2) is 0 Å². The van der Waals surface area contributed by atoms with Gasteiger partial charge in [0.2, 0.25) is 0 Å². The summed E-state index contributed by atoms with van der Waals surface area (Å²) in [6, 6.07) is 7.62. The molecule has 0 saturated carbocycles. The number of rotatable bonds is 6. The van der Waals surface area contributed by atoms with Gasteiger partial charge in [-0.3, -0.25) is 0 Å². The van der Waals surface area contributed by atoms with Crippen molar-refractivity contribution in [2.45, 2.75) is 32.8 Å². The Morgan fingerprint density at radius 1 is 1.21 bits per heavy atom. The van der Waals surface area contributed by atoms with Gasteiger partial charge in [0.05, 0.1) is 13.2 Å². The zero-order valence-electron chi connectivity index (χ0n) is 14.6. The third kappa shape index (κ3) is 6.23. The summed E-state index contributed by atoms with van der Waals surface area (Å²) in [7, 11) is 0. The number of benzene rings is 1. The molecule has 1 amide bonds. The first kappa shape index (κ1) is 18.9. The Balaban J connectivity index is 1.74. The van der Waals surface area contributed by atoms with Gasteiger partial charge in [0.25, 0.3) is 0 Å². The van der Waals surface area contributed by atoms with Gasteiger partial charge in [-0.05, 0) is 51.5 Å². The maximum Gasteiger partial charge on any atom is 0.410 e. The molecule has 6 heteroatoms. The summed E-state index contributed by atoms with van der Waals surface area (Å²) in [6.45, 7) is 8.29. The first-order valence-electron chi connectivity index (χ1n) is 8.27. The van der Waals surface area contributed by atoms with Gasteiger partial charge >= 0.3 is 6.09 Å². The number of hydrogen-bond donors (Lipinski definition) is 0. The minimum Gasteiger partial charge on any atom is -0.493 e. The first-order chi connectivity index (χ1) is 11.4. The van der Waals surface area contributed by atoms with E-state index in [4.69, 9.17) is 14.2 Å². The van der Waals surface area contributed by atoms with Crippen LogP contribution < -0.4 is 9.47 Å². The van der Waals surface area contributed by atoms with Crippen molar-refractivity contribution < 1.29 is 19.0 Å². The van der Waals surface area contributed by atoms with Gasteiger partial charge in [-0.25, -0.2) is 4.79 Å². The van der Waals surface area contributed by atoms with Crippen molar-refractivity contribution in [3.05, 3.63) is 24.3 Å². The van der Waals surface area contributed by atoms with E-state index in [0.717, 1.165) is 29.8 Å². The van der Waals surface area contributed by atoms with Gasteiger partial charge < -0.3 is 19.1 Å². The molecule has 0 aliphatic carbocycles. The molecular weight excluding hydrogens is 374 g/mol. The fourth-order valence-electron chi connectivity index (χ4n) is 2.46. The summed E-state index contributed by atoms with van der Waals surface area (Å²) in [5.74, 6) is 1.98. The van der Waals surface area contributed by atoms with Crippen molar-refractivity contribution in [1.82, 2.24) is 4.90 Å². The van der Waals surface area contributed by atoms with Crippen LogP contribution in [0, 0.1) is 5.92 Å². The molecule has 0 bridgehead atoms. The molecule has 5 nitrogen and oxygen atoms in total. The third-order valence-electron chi connectivity index (χ3n) is 3.59. The lowest BCUT2D eigenvalue weighted by Gasteiger charge is -2.24. The molecule has 0 aromatic heterocycles. The fraction of sp³-hybridized carbons (Fsp3) is 0.611. The van der Waals surface area contributed by atoms with Crippen molar-refractivity contribution in [2.75, 3.05) is 31.6 Å². The average molecular weight is 400 g/mol. The van der Waals surface area contributed by atoms with Crippen LogP contribution in [0.1, 0.15) is 27.2 Å². The van der Waals surface area contributed by atoms with E-state index < -0.39 is 5.60 Å². The second-order valence-corrected chi connectivity index (χ2v) is 7.69. The van der Waals surface area contributed by atoms with E-state index >= 15 is 0 Å². The van der Waals surface area contributed by atoms with Gasteiger partial charge in [0.1, 0.15) is 17.1 Å². The minimum absolute atomic E-state index is 0.238. The zero-order valence-corrected chi connectivity index (χ0v) is 16.2. The van der Waals surface area contributed by atoms with Crippen LogP contribution in [0.15, 0.2) is 24.3 Å². The Morgan fingerprint density at radius 3 is 2.42 bits per heavy atom. The van der Waals surface area contributed by atoms with Crippen molar-refractivity contribution in [3.63, 3.8) is 0 Å². The van der Waals surface area contributed by atoms with Gasteiger partial charge in [-0.2, -0.15) is 0 Å². The van der Waals surface area contributed by atoms with Crippen LogP contribution in [0.3, 0.4) is 0 Å². The van der Waals surface area contributed by atoms with E-state index in [-0.39, 0.29) is 6.09 Å². The average Bonchev–Trinajstić information content (AvgIpc) is 2.99. The highest BCUT2D eigenvalue weighted by atomic mass is 79.9. The van der Waals surface area contributed by atoms with Gasteiger partial charge in [0, 0.05) is 24.3 Å². The quantitative estimate of drug-likeness (QED) is 0.675. The number of hydrogen-bond acceptors (Lipinski definition) is 4. The Bertz CT molecular complexity index is 527. The molecule has 1 aliphatic heterocycles. The number of halogens is 1. The molecule has 24 heavy (non-hydrogen) atoms. The van der Waals surface area contributed by atoms with Crippen LogP contribution in [0.2, 0.25) is 0 Å². The van der Waals surface area contributed by atoms with Gasteiger partial charge in [-0.1, -0.05) is 15.9 Å². The Kier molecular flexibility index (Phi) is 6.78. The number of likely N-dealkylation sites (tertiary alicyclic amines) is 1. The molecule has 1 saturated heterocycles. The summed E-state index contributed by atoms with van der Waals surface area (Å²) in [4.78, 5) is 13.8. The van der Waals surface area contributed by atoms with Crippen molar-refractivity contribution in [2.24, 2.45) is 5.92 Å². The number of ether oxygens (including phenoxy) is 3. The molecule has 1 unspecified atom stereocenters. The summed E-state index contributed by atoms with van der Waals surface area (Å²) >= 11 is 3.33. The standard InChI is InChI=1S/C18H26BrNO4/c1-18(2,3)24-17(21)20-10-8-14(12-20)13-23-16-6-4-15(5-7-16)22-11-9-19/h4-7,14H,8-13H2,1-3H3. The van der Waals surface area contributed by atoms with E-state index in [1.165, 1.54) is 0 Å². The van der Waals surface area contributed by atoms with Crippen molar-refractivity contribution in [3.8, 4) is 11.5 Å². The molecule has 0 radical (unpaired) electrons. The summed E-state index contributed by atoms with van der Waals surface area (Å²) in [6.07, 6.45) is 0.699. The topological polar surface area (TPSA) is 48.0 Å². The summed E-state index contributed by atoms with van der Waals surface area (Å²) in [5.41, 5.74) is -0.454. The molecule has 1 fully saturated rings. The third-order valence-corrected chi connectivity index (χ3v) is 3.92. The monoisotopic (exact) mass is 399 g/mol. The molecule has 0 spiro atoms. The molecule has 1 aliphatic rings. The van der Waals surface area contributed by atoms with Crippen LogP contribution in [-0.4, -0.2) is 48.2 Å². The highest BCUT2D eigenvalue weighted by Crippen LogP contribution is 2.22. The van der Waals surface area contributed by atoms with Crippen LogP contribution in [-0.2, 0) is 4.74 Å². The van der Waals surface area contributed by atoms with E-state index in [0.29, 0.717) is 25.7 Å². The second kappa shape index (κ2) is 8.60. The summed E-state index contributed by atoms with van der Waals surface area (Å²) in [5, 5.41) is 0.807. The number of carbonyl (C=O) groups excluding carboxylic acids is 1. The lowest BCUT2D eigenvalue weighted by molar-refractivity contribution is 0.0285. The highest BCUT2D eigenvalue weighted by molar-refractivity contribution is 9.09. The predicted molar refractivity (Wildman–Crippen MR) is 97.1 cm³/mol.